The lowest BCUT2D eigenvalue weighted by molar-refractivity contribution is -0.142. The number of ketones is 1. The minimum absolute atomic E-state index is 0.00593. The van der Waals surface area contributed by atoms with Crippen molar-refractivity contribution in [3.8, 4) is 0 Å². The van der Waals surface area contributed by atoms with Gasteiger partial charge in [-0.2, -0.15) is 0 Å². The van der Waals surface area contributed by atoms with Gasteiger partial charge in [-0.25, -0.2) is 4.39 Å². The van der Waals surface area contributed by atoms with E-state index in [1.165, 1.54) is 12.1 Å². The van der Waals surface area contributed by atoms with Gasteiger partial charge in [0.25, 0.3) is 0 Å². The van der Waals surface area contributed by atoms with Gasteiger partial charge in [-0.3, -0.25) is 14.5 Å². The largest absolute Gasteiger partial charge is 0.375 e. The molecule has 20 heavy (non-hydrogen) atoms. The Morgan fingerprint density at radius 3 is 2.70 bits per heavy atom. The fourth-order valence-electron chi connectivity index (χ4n) is 2.51. The van der Waals surface area contributed by atoms with Crippen LogP contribution in [0, 0.1) is 5.82 Å². The van der Waals surface area contributed by atoms with Crippen molar-refractivity contribution in [2.75, 3.05) is 13.2 Å². The molecule has 1 heterocycles. The monoisotopic (exact) mass is 279 g/mol. The number of carbonyl (C=O) groups excluding carboxylic acids is 2. The van der Waals surface area contributed by atoms with Crippen LogP contribution in [-0.2, 0) is 14.3 Å². The number of carbonyl (C=O) groups is 2. The third-order valence-corrected chi connectivity index (χ3v) is 3.70. The number of Topliss-reactive ketones (excluding diaryl/α,β-unsaturated/α-hetero) is 1. The van der Waals surface area contributed by atoms with Gasteiger partial charge in [0, 0.05) is 12.6 Å². The normalized spacial score (nSPS) is 25.1. The Labute approximate surface area is 117 Å². The van der Waals surface area contributed by atoms with Gasteiger partial charge in [0.2, 0.25) is 5.78 Å². The molecule has 2 rings (SSSR count). The molecule has 1 saturated heterocycles. The summed E-state index contributed by atoms with van der Waals surface area (Å²) in [7, 11) is 0. The van der Waals surface area contributed by atoms with E-state index in [2.05, 4.69) is 0 Å². The van der Waals surface area contributed by atoms with Crippen molar-refractivity contribution in [2.24, 2.45) is 0 Å². The van der Waals surface area contributed by atoms with Gasteiger partial charge in [0.05, 0.1) is 12.7 Å². The van der Waals surface area contributed by atoms with Gasteiger partial charge in [-0.1, -0.05) is 12.1 Å². The van der Waals surface area contributed by atoms with Gasteiger partial charge in [-0.05, 0) is 31.5 Å². The van der Waals surface area contributed by atoms with E-state index >= 15 is 0 Å². The third kappa shape index (κ3) is 3.11. The summed E-state index contributed by atoms with van der Waals surface area (Å²) in [5.74, 6) is -0.775. The zero-order valence-electron chi connectivity index (χ0n) is 11.6. The molecule has 0 saturated carbocycles. The molecular weight excluding hydrogens is 261 g/mol. The van der Waals surface area contributed by atoms with Crippen molar-refractivity contribution in [1.82, 2.24) is 4.90 Å². The summed E-state index contributed by atoms with van der Waals surface area (Å²) in [5, 5.41) is 0. The van der Waals surface area contributed by atoms with Crippen LogP contribution in [0.4, 0.5) is 4.39 Å². The summed E-state index contributed by atoms with van der Waals surface area (Å²) in [6.45, 7) is 4.63. The molecule has 3 atom stereocenters. The Bertz CT molecular complexity index is 488. The fourth-order valence-corrected chi connectivity index (χ4v) is 2.51. The fraction of sp³-hybridized carbons (Fsp3) is 0.467. The molecule has 4 nitrogen and oxygen atoms in total. The van der Waals surface area contributed by atoms with E-state index in [9.17, 15) is 14.0 Å². The number of morpholine rings is 1. The maximum atomic E-state index is 13.0. The summed E-state index contributed by atoms with van der Waals surface area (Å²) in [6.07, 6.45) is 0.336. The molecule has 1 aromatic rings. The van der Waals surface area contributed by atoms with Gasteiger partial charge in [0.15, 0.2) is 6.29 Å². The number of hydrogen-bond donors (Lipinski definition) is 0. The molecule has 0 amide bonds. The molecule has 0 aliphatic carbocycles. The van der Waals surface area contributed by atoms with Crippen LogP contribution in [0.5, 0.6) is 0 Å². The number of rotatable bonds is 4. The zero-order valence-corrected chi connectivity index (χ0v) is 11.6. The maximum absolute atomic E-state index is 13.0. The van der Waals surface area contributed by atoms with Gasteiger partial charge < -0.3 is 4.74 Å². The molecule has 108 valence electrons. The van der Waals surface area contributed by atoms with E-state index in [0.29, 0.717) is 12.8 Å². The molecule has 5 heteroatoms. The van der Waals surface area contributed by atoms with Crippen LogP contribution in [0.3, 0.4) is 0 Å². The lowest BCUT2D eigenvalue weighted by Gasteiger charge is -2.40. The second-order valence-corrected chi connectivity index (χ2v) is 5.10. The quantitative estimate of drug-likeness (QED) is 0.622. The summed E-state index contributed by atoms with van der Waals surface area (Å²) < 4.78 is 18.4. The standard InChI is InChI=1S/C15H18FNO3/c1-10-7-17(14(9-20-10)15(19)8-18)11(2)12-3-5-13(16)6-4-12/h3-6,8,10-11,14H,7,9H2,1-2H3/t10?,11-,14?/m0/s1. The molecule has 2 unspecified atom stereocenters. The van der Waals surface area contributed by atoms with Crippen LogP contribution < -0.4 is 0 Å². The van der Waals surface area contributed by atoms with E-state index in [0.717, 1.165) is 5.56 Å². The van der Waals surface area contributed by atoms with E-state index < -0.39 is 11.8 Å². The first-order valence-electron chi connectivity index (χ1n) is 6.64. The molecule has 1 fully saturated rings. The first kappa shape index (κ1) is 14.8. The minimum Gasteiger partial charge on any atom is -0.375 e. The number of benzene rings is 1. The number of ether oxygens (including phenoxy) is 1. The Morgan fingerprint density at radius 2 is 2.10 bits per heavy atom. The van der Waals surface area contributed by atoms with Gasteiger partial charge in [-0.15, -0.1) is 0 Å². The highest BCUT2D eigenvalue weighted by atomic mass is 19.1. The first-order valence-corrected chi connectivity index (χ1v) is 6.64. The van der Waals surface area contributed by atoms with E-state index in [1.807, 2.05) is 18.7 Å². The second-order valence-electron chi connectivity index (χ2n) is 5.10. The van der Waals surface area contributed by atoms with E-state index in [4.69, 9.17) is 4.74 Å². The van der Waals surface area contributed by atoms with Crippen LogP contribution in [0.2, 0.25) is 0 Å². The number of halogens is 1. The predicted octanol–water partition coefficient (Wildman–Crippen LogP) is 1.74. The van der Waals surface area contributed by atoms with Crippen molar-refractivity contribution >= 4 is 12.1 Å². The lowest BCUT2D eigenvalue weighted by atomic mass is 10.0. The number of aldehydes is 1. The Kier molecular flexibility index (Phi) is 4.62. The average Bonchev–Trinajstić information content (AvgIpc) is 2.46. The molecule has 0 N–H and O–H groups in total. The summed E-state index contributed by atoms with van der Waals surface area (Å²) in [5.41, 5.74) is 0.907. The molecule has 0 spiro atoms. The number of hydrogen-bond acceptors (Lipinski definition) is 4. The second kappa shape index (κ2) is 6.24. The lowest BCUT2D eigenvalue weighted by Crippen LogP contribution is -2.53. The van der Waals surface area contributed by atoms with Gasteiger partial charge in [0.1, 0.15) is 11.9 Å². The Morgan fingerprint density at radius 1 is 1.45 bits per heavy atom. The number of nitrogens with zero attached hydrogens (tertiary/aromatic N) is 1. The van der Waals surface area contributed by atoms with E-state index in [-0.39, 0.29) is 24.6 Å². The molecule has 0 bridgehead atoms. The molecule has 0 radical (unpaired) electrons. The molecule has 1 aromatic carbocycles. The minimum atomic E-state index is -0.566. The van der Waals surface area contributed by atoms with Crippen molar-refractivity contribution in [1.29, 1.82) is 0 Å². The SMILES string of the molecule is CC1CN([C@@H](C)c2ccc(F)cc2)C(C(=O)C=O)CO1. The van der Waals surface area contributed by atoms with Crippen LogP contribution in [0.1, 0.15) is 25.5 Å². The van der Waals surface area contributed by atoms with E-state index in [1.54, 1.807) is 12.1 Å². The predicted molar refractivity (Wildman–Crippen MR) is 71.8 cm³/mol. The average molecular weight is 279 g/mol. The van der Waals surface area contributed by atoms with Crippen LogP contribution in [0.15, 0.2) is 24.3 Å². The topological polar surface area (TPSA) is 46.6 Å². The summed E-state index contributed by atoms with van der Waals surface area (Å²) in [4.78, 5) is 24.4. The Balaban J connectivity index is 2.23. The van der Waals surface area contributed by atoms with Crippen LogP contribution in [-0.4, -0.2) is 42.3 Å². The summed E-state index contributed by atoms with van der Waals surface area (Å²) >= 11 is 0. The molecular formula is C15H18FNO3. The highest BCUT2D eigenvalue weighted by Gasteiger charge is 2.35. The van der Waals surface area contributed by atoms with Crippen LogP contribution in [0.25, 0.3) is 0 Å². The van der Waals surface area contributed by atoms with Crippen LogP contribution >= 0.6 is 0 Å². The molecule has 1 aliphatic rings. The maximum Gasteiger partial charge on any atom is 0.214 e. The highest BCUT2D eigenvalue weighted by Crippen LogP contribution is 2.26. The van der Waals surface area contributed by atoms with Gasteiger partial charge >= 0.3 is 0 Å². The Hall–Kier alpha value is -1.59. The first-order chi connectivity index (χ1) is 9.52. The van der Waals surface area contributed by atoms with Crippen molar-refractivity contribution in [2.45, 2.75) is 32.0 Å². The van der Waals surface area contributed by atoms with Crippen molar-refractivity contribution in [3.63, 3.8) is 0 Å². The smallest absolute Gasteiger partial charge is 0.214 e. The van der Waals surface area contributed by atoms with Crippen molar-refractivity contribution in [3.05, 3.63) is 35.6 Å². The zero-order chi connectivity index (χ0) is 14.7. The molecule has 1 aliphatic heterocycles. The van der Waals surface area contributed by atoms with Crippen molar-refractivity contribution < 1.29 is 18.7 Å². The molecule has 0 aromatic heterocycles. The summed E-state index contributed by atoms with van der Waals surface area (Å²) in [6, 6.07) is 5.53. The third-order valence-electron chi connectivity index (χ3n) is 3.70. The highest BCUT2D eigenvalue weighted by molar-refractivity contribution is 6.27.